The van der Waals surface area contributed by atoms with E-state index < -0.39 is 139 Å². The number of aliphatic hydroxyl groups excluding tert-OH is 2. The van der Waals surface area contributed by atoms with Crippen molar-refractivity contribution in [1.29, 1.82) is 0 Å². The Balaban J connectivity index is 1.12. The average molecular weight is 1280 g/mol. The molecule has 32 nitrogen and oxygen atoms in total. The maximum Gasteiger partial charge on any atom is 0.326 e. The summed E-state index contributed by atoms with van der Waals surface area (Å²) in [5.41, 5.74) is 40.2. The second kappa shape index (κ2) is 34.3. The van der Waals surface area contributed by atoms with Crippen LogP contribution in [-0.2, 0) is 67.3 Å². The number of thiophene rings is 1. The predicted octanol–water partition coefficient (Wildman–Crippen LogP) is -5.41. The molecule has 2 aromatic rings. The van der Waals surface area contributed by atoms with Crippen LogP contribution in [-0.4, -0.2) is 225 Å². The van der Waals surface area contributed by atoms with Crippen molar-refractivity contribution in [2.24, 2.45) is 55.1 Å². The minimum atomic E-state index is -1.67. The molecule has 4 heterocycles. The van der Waals surface area contributed by atoms with Gasteiger partial charge in [-0.05, 0) is 86.8 Å². The lowest BCUT2D eigenvalue weighted by Crippen LogP contribution is -2.62. The summed E-state index contributed by atoms with van der Waals surface area (Å²) in [4.78, 5) is 157. The van der Waals surface area contributed by atoms with Crippen molar-refractivity contribution in [3.63, 3.8) is 0 Å². The fourth-order valence-corrected chi connectivity index (χ4v) is 12.4. The van der Waals surface area contributed by atoms with E-state index in [2.05, 4.69) is 41.6 Å². The zero-order valence-corrected chi connectivity index (χ0v) is 51.1. The van der Waals surface area contributed by atoms with E-state index in [1.165, 1.54) is 26.0 Å². The number of amides is 9. The molecule has 6 rings (SSSR count). The number of nitrogens with one attached hydrogen (secondary N) is 5. The highest BCUT2D eigenvalue weighted by Crippen LogP contribution is 2.31. The summed E-state index contributed by atoms with van der Waals surface area (Å²) in [5.74, 6) is -8.43. The number of guanidine groups is 3. The summed E-state index contributed by atoms with van der Waals surface area (Å²) in [6.07, 6.45) is 2.78. The molecule has 1 aromatic heterocycles. The molecule has 2 saturated heterocycles. The first-order chi connectivity index (χ1) is 42.9. The number of carbonyl (C=O) groups is 10. The third-order valence-corrected chi connectivity index (χ3v) is 17.1. The summed E-state index contributed by atoms with van der Waals surface area (Å²) in [5, 5.41) is 46.3. The Hall–Kier alpha value is -8.69. The van der Waals surface area contributed by atoms with Gasteiger partial charge < -0.3 is 102 Å². The van der Waals surface area contributed by atoms with Gasteiger partial charge in [-0.1, -0.05) is 43.2 Å². The minimum Gasteiger partial charge on any atom is -0.480 e. The highest BCUT2D eigenvalue weighted by Gasteiger charge is 2.47. The number of nitrogens with two attached hydrogens (primary N) is 7. The quantitative estimate of drug-likeness (QED) is 0.0185. The van der Waals surface area contributed by atoms with Crippen molar-refractivity contribution < 1.29 is 63.3 Å². The van der Waals surface area contributed by atoms with Crippen molar-refractivity contribution in [2.45, 2.75) is 163 Å². The van der Waals surface area contributed by atoms with Crippen LogP contribution in [0.5, 0.6) is 0 Å². The lowest BCUT2D eigenvalue weighted by molar-refractivity contribution is -0.152. The summed E-state index contributed by atoms with van der Waals surface area (Å²) in [7, 11) is 0. The first-order valence-corrected chi connectivity index (χ1v) is 31.1. The number of nitrogens with zero attached hydrogens (tertiary/aromatic N) is 7. The number of hydrogen-bond donors (Lipinski definition) is 15. The molecule has 0 radical (unpaired) electrons. The number of carboxylic acids is 1. The molecule has 9 amide bonds. The molecule has 90 heavy (non-hydrogen) atoms. The molecule has 4 aliphatic rings. The maximum atomic E-state index is 15.0. The van der Waals surface area contributed by atoms with Gasteiger partial charge in [0.05, 0.1) is 31.8 Å². The molecule has 0 spiro atoms. The highest BCUT2D eigenvalue weighted by molar-refractivity contribution is 7.09. The van der Waals surface area contributed by atoms with E-state index >= 15 is 0 Å². The van der Waals surface area contributed by atoms with Gasteiger partial charge in [0.25, 0.3) is 0 Å². The Morgan fingerprint density at radius 2 is 1.26 bits per heavy atom. The summed E-state index contributed by atoms with van der Waals surface area (Å²) in [6, 6.07) is -0.108. The molecule has 1 aromatic carbocycles. The van der Waals surface area contributed by atoms with Gasteiger partial charge in [-0.15, -0.1) is 11.3 Å². The fourth-order valence-electron chi connectivity index (χ4n) is 11.6. The molecular formula is C57H87N19O13S. The van der Waals surface area contributed by atoms with Crippen molar-refractivity contribution >= 4 is 88.3 Å². The van der Waals surface area contributed by atoms with Crippen molar-refractivity contribution in [3.05, 3.63) is 57.8 Å². The summed E-state index contributed by atoms with van der Waals surface area (Å²) in [6.45, 7) is -2.00. The van der Waals surface area contributed by atoms with Gasteiger partial charge >= 0.3 is 5.97 Å². The third-order valence-electron chi connectivity index (χ3n) is 16.2. The normalized spacial score (nSPS) is 19.6. The number of carboxylic acid groups (broad SMARTS) is 1. The Morgan fingerprint density at radius 1 is 0.656 bits per heavy atom. The number of rotatable bonds is 32. The molecule has 0 bridgehead atoms. The minimum absolute atomic E-state index is 0.0000608. The van der Waals surface area contributed by atoms with E-state index in [0.717, 1.165) is 23.3 Å². The Kier molecular flexibility index (Phi) is 26.9. The largest absolute Gasteiger partial charge is 0.480 e. The zero-order chi connectivity index (χ0) is 65.6. The maximum absolute atomic E-state index is 15.0. The van der Waals surface area contributed by atoms with Crippen LogP contribution in [0.2, 0.25) is 0 Å². The number of carbonyl (C=O) groups excluding carboxylic acids is 9. The summed E-state index contributed by atoms with van der Waals surface area (Å²) < 4.78 is 0. The molecule has 3 fully saturated rings. The molecule has 0 unspecified atom stereocenters. The topological polar surface area (TPSA) is 524 Å². The lowest BCUT2D eigenvalue weighted by atomic mass is 9.92. The highest BCUT2D eigenvalue weighted by atomic mass is 32.1. The number of aliphatic carboxylic acids is 1. The van der Waals surface area contributed by atoms with Gasteiger partial charge in [0.2, 0.25) is 53.2 Å². The second-order valence-corrected chi connectivity index (χ2v) is 23.8. The van der Waals surface area contributed by atoms with Crippen LogP contribution in [0.3, 0.4) is 0 Å². The molecule has 22 N–H and O–H groups in total. The average Bonchev–Trinajstić information content (AvgIpc) is 1.41. The van der Waals surface area contributed by atoms with Crippen molar-refractivity contribution in [2.75, 3.05) is 52.4 Å². The second-order valence-electron chi connectivity index (χ2n) is 22.8. The molecule has 494 valence electrons. The number of β-amino-alcohol motifs (C(OH)–C–C–N with tert-alkyl or cyclic N) is 1. The van der Waals surface area contributed by atoms with Gasteiger partial charge in [-0.25, -0.2) is 4.79 Å². The predicted molar refractivity (Wildman–Crippen MR) is 330 cm³/mol. The number of hydrogen-bond acceptors (Lipinski definition) is 17. The fraction of sp³-hybridized carbons (Fsp3) is 0.596. The van der Waals surface area contributed by atoms with Gasteiger partial charge in [-0.3, -0.25) is 58.1 Å². The number of fused-ring (bicyclic) bond motifs is 1. The number of benzene rings is 1. The van der Waals surface area contributed by atoms with Crippen LogP contribution < -0.4 is 66.7 Å². The van der Waals surface area contributed by atoms with E-state index in [0.29, 0.717) is 36.1 Å². The number of aliphatic imine (C=N–C) groups is 3. The third kappa shape index (κ3) is 20.4. The van der Waals surface area contributed by atoms with Gasteiger partial charge in [0.1, 0.15) is 42.3 Å². The monoisotopic (exact) mass is 1280 g/mol. The molecular weight excluding hydrogens is 1190 g/mol. The van der Waals surface area contributed by atoms with E-state index in [9.17, 15) is 63.3 Å². The number of aliphatic hydroxyl groups is 2. The van der Waals surface area contributed by atoms with Crippen LogP contribution in [0.1, 0.15) is 99.5 Å². The van der Waals surface area contributed by atoms with Gasteiger partial charge in [-0.2, -0.15) is 0 Å². The van der Waals surface area contributed by atoms with Crippen molar-refractivity contribution in [3.8, 4) is 0 Å². The van der Waals surface area contributed by atoms with E-state index in [1.54, 1.807) is 41.8 Å². The lowest BCUT2D eigenvalue weighted by Gasteiger charge is -2.41. The van der Waals surface area contributed by atoms with Crippen molar-refractivity contribution in [1.82, 2.24) is 46.2 Å². The Bertz CT molecular complexity index is 2930. The number of likely N-dealkylation sites (tertiary alicyclic amines) is 2. The Morgan fingerprint density at radius 3 is 1.87 bits per heavy atom. The molecule has 1 saturated carbocycles. The Labute approximate surface area is 524 Å². The summed E-state index contributed by atoms with van der Waals surface area (Å²) >= 11 is 1.27. The van der Waals surface area contributed by atoms with Gasteiger partial charge in [0.15, 0.2) is 17.9 Å². The molecule has 3 aliphatic heterocycles. The van der Waals surface area contributed by atoms with Crippen LogP contribution in [0, 0.1) is 0 Å². The SMILES string of the molecule is NC(N)=NCCC[C@H](NC(=O)CN(C(=O)[C@H]1Cc2ccccc2CN1C(=O)[C@H](CO)NC(=O)[C@H](Cc1cccs1)NC(=O)CNC(=O)[C@@H]1C[C@@H](O)CN1C(=O)[C@@H]1CCCN1C(=O)[C@H](CCCN=C(N)N)NC(=O)[C@@H](N)CCCN=C(N)N)C1CCCC1)C(=O)O. The van der Waals surface area contributed by atoms with Crippen LogP contribution in [0.4, 0.5) is 0 Å². The zero-order valence-electron chi connectivity index (χ0n) is 50.3. The van der Waals surface area contributed by atoms with E-state index in [1.807, 2.05) is 0 Å². The standard InChI is InChI=1S/C57H87N19O13S/c58-37(15-5-19-65-55(59)60)47(81)71-38(16-6-20-66-56(61)62)50(84)73-22-8-18-42(73)52(86)76-29-35(78)25-43(76)49(83)68-27-45(79)70-40(26-36-14-9-23-90-36)48(82)72-41(31-77)51(85)75-28-33-11-2-1-10-32(33)24-44(75)53(87)74(34-12-3-4-13-34)30-46(80)69-39(54(88)89)17-7-21-67-57(63)64/h1-2,9-11,14,23,34-35,37-44,77-78H,3-8,12-13,15-22,24-31,58H2,(H,68,83)(H,69,80)(H,70,79)(H,71,81)(H,72,82)(H,88,89)(H4,59,60,65)(H4,61,62,66)(H4,63,64,67)/t35-,37+,38+,39+,40+,41+,42+,43+,44-/m1/s1. The first kappa shape index (κ1) is 70.4. The molecule has 1 aliphatic carbocycles. The van der Waals surface area contributed by atoms with E-state index in [-0.39, 0.29) is 115 Å². The van der Waals surface area contributed by atoms with Crippen LogP contribution in [0.15, 0.2) is 56.8 Å². The molecule has 9 atom stereocenters. The van der Waals surface area contributed by atoms with Crippen LogP contribution in [0.25, 0.3) is 0 Å². The molecule has 33 heteroatoms. The first-order valence-electron chi connectivity index (χ1n) is 30.2. The van der Waals surface area contributed by atoms with E-state index in [4.69, 9.17) is 40.1 Å². The van der Waals surface area contributed by atoms with Crippen LogP contribution >= 0.6 is 11.3 Å². The smallest absolute Gasteiger partial charge is 0.326 e. The van der Waals surface area contributed by atoms with Gasteiger partial charge in [0, 0.05) is 69.4 Å².